The fourth-order valence-corrected chi connectivity index (χ4v) is 6.25. The fourth-order valence-electron chi connectivity index (χ4n) is 5.15. The predicted octanol–water partition coefficient (Wildman–Crippen LogP) is 4.73. The maximum absolute atomic E-state index is 14.0. The van der Waals surface area contributed by atoms with E-state index in [0.717, 1.165) is 28.8 Å². The van der Waals surface area contributed by atoms with Crippen LogP contribution in [0.15, 0.2) is 64.4 Å². The van der Waals surface area contributed by atoms with Crippen molar-refractivity contribution >= 4 is 35.0 Å². The van der Waals surface area contributed by atoms with Crippen LogP contribution in [0.4, 0.5) is 0 Å². The van der Waals surface area contributed by atoms with Crippen LogP contribution >= 0.6 is 11.3 Å². The lowest BCUT2D eigenvalue weighted by molar-refractivity contribution is -0.139. The molecular weight excluding hydrogens is 460 g/mol. The third kappa shape index (κ3) is 4.36. The number of hydrogen-bond donors (Lipinski definition) is 1. The maximum atomic E-state index is 14.0. The lowest BCUT2D eigenvalue weighted by atomic mass is 9.80. The number of likely N-dealkylation sites (tertiary alicyclic amines) is 1. The number of primary amides is 1. The number of amides is 2. The Balaban J connectivity index is 1.68. The topological polar surface area (TPSA) is 93.6 Å². The summed E-state index contributed by atoms with van der Waals surface area (Å²) in [6, 6.07) is 13.5. The molecule has 0 bridgehead atoms. The lowest BCUT2D eigenvalue weighted by Gasteiger charge is -2.29. The van der Waals surface area contributed by atoms with Gasteiger partial charge >= 0.3 is 0 Å². The van der Waals surface area contributed by atoms with Gasteiger partial charge in [-0.1, -0.05) is 42.5 Å². The molecule has 2 aromatic heterocycles. The molecule has 1 aliphatic heterocycles. The van der Waals surface area contributed by atoms with E-state index in [4.69, 9.17) is 10.2 Å². The molecule has 1 aliphatic carbocycles. The highest BCUT2D eigenvalue weighted by Crippen LogP contribution is 2.49. The number of Topliss-reactive ketones (excluding diaryl/α,β-unsaturated/α-hetero) is 1. The zero-order valence-corrected chi connectivity index (χ0v) is 20.5. The van der Waals surface area contributed by atoms with Crippen LogP contribution in [0.1, 0.15) is 51.1 Å². The molecule has 3 heterocycles. The van der Waals surface area contributed by atoms with Gasteiger partial charge in [0.2, 0.25) is 17.6 Å². The van der Waals surface area contributed by atoms with Gasteiger partial charge < -0.3 is 15.1 Å². The van der Waals surface area contributed by atoms with Gasteiger partial charge in [-0.25, -0.2) is 0 Å². The van der Waals surface area contributed by atoms with E-state index < -0.39 is 29.8 Å². The van der Waals surface area contributed by atoms with Gasteiger partial charge in [0.1, 0.15) is 11.8 Å². The second-order valence-electron chi connectivity index (χ2n) is 9.42. The van der Waals surface area contributed by atoms with Crippen molar-refractivity contribution in [2.75, 3.05) is 0 Å². The molecule has 3 aromatic rings. The van der Waals surface area contributed by atoms with Crippen molar-refractivity contribution in [1.82, 2.24) is 4.90 Å². The summed E-state index contributed by atoms with van der Waals surface area (Å²) in [5.74, 6) is -1.47. The van der Waals surface area contributed by atoms with Crippen LogP contribution in [-0.4, -0.2) is 34.6 Å². The van der Waals surface area contributed by atoms with Gasteiger partial charge in [0.15, 0.2) is 5.76 Å². The van der Waals surface area contributed by atoms with Crippen LogP contribution in [0.3, 0.4) is 0 Å². The Kier molecular flexibility index (Phi) is 6.19. The number of ketones is 1. The van der Waals surface area contributed by atoms with E-state index >= 15 is 0 Å². The first-order valence-corrected chi connectivity index (χ1v) is 12.7. The number of furan rings is 1. The molecule has 4 unspecified atom stereocenters. The zero-order valence-electron chi connectivity index (χ0n) is 19.7. The lowest BCUT2D eigenvalue weighted by Crippen LogP contribution is -2.49. The Morgan fingerprint density at radius 3 is 2.37 bits per heavy atom. The Morgan fingerprint density at radius 1 is 1.06 bits per heavy atom. The molecule has 0 radical (unpaired) electrons. The van der Waals surface area contributed by atoms with E-state index in [1.165, 1.54) is 11.3 Å². The highest BCUT2D eigenvalue weighted by atomic mass is 32.1. The average molecular weight is 489 g/mol. The molecule has 0 spiro atoms. The molecule has 6 nitrogen and oxygen atoms in total. The molecule has 4 atom stereocenters. The summed E-state index contributed by atoms with van der Waals surface area (Å²) in [5, 5.41) is 1.95. The van der Waals surface area contributed by atoms with Crippen LogP contribution in [-0.2, 0) is 9.59 Å². The number of rotatable bonds is 7. The van der Waals surface area contributed by atoms with E-state index in [0.29, 0.717) is 5.76 Å². The quantitative estimate of drug-likeness (QED) is 0.487. The molecule has 1 saturated heterocycles. The Bertz CT molecular complexity index is 1290. The van der Waals surface area contributed by atoms with E-state index in [1.54, 1.807) is 24.0 Å². The van der Waals surface area contributed by atoms with Crippen molar-refractivity contribution in [3.05, 3.63) is 87.5 Å². The largest absolute Gasteiger partial charge is 0.458 e. The van der Waals surface area contributed by atoms with Crippen molar-refractivity contribution in [3.8, 4) is 0 Å². The van der Waals surface area contributed by atoms with Gasteiger partial charge in [0.05, 0.1) is 12.0 Å². The van der Waals surface area contributed by atoms with Crippen molar-refractivity contribution in [2.24, 2.45) is 17.6 Å². The molecule has 1 saturated carbocycles. The smallest absolute Gasteiger partial charge is 0.240 e. The maximum Gasteiger partial charge on any atom is 0.240 e. The number of aryl methyl sites for hydroxylation is 2. The number of carbonyl (C=O) groups excluding carboxylic acids is 3. The Morgan fingerprint density at radius 2 is 1.80 bits per heavy atom. The standard InChI is InChI=1S/C28H28N2O4S/c1-16-14-15-35-26(16)23-22(25(31)21-13-8-17(2)34-21)20(12-9-18-6-4-3-5-7-18)30(24(23)27(29)32)28(33)19-10-11-19/h3-9,12-15,19-20,22-24H,10-11H2,1-2H3,(H2,29,32). The minimum absolute atomic E-state index is 0.110. The predicted molar refractivity (Wildman–Crippen MR) is 135 cm³/mol. The second-order valence-corrected chi connectivity index (χ2v) is 10.4. The summed E-state index contributed by atoms with van der Waals surface area (Å²) in [7, 11) is 0. The van der Waals surface area contributed by atoms with Crippen molar-refractivity contribution in [1.29, 1.82) is 0 Å². The third-order valence-corrected chi connectivity index (χ3v) is 8.08. The van der Waals surface area contributed by atoms with Gasteiger partial charge in [-0.15, -0.1) is 11.3 Å². The first kappa shape index (κ1) is 23.3. The number of benzene rings is 1. The molecule has 180 valence electrons. The number of hydrogen-bond acceptors (Lipinski definition) is 5. The number of nitrogens with two attached hydrogens (primary N) is 1. The second kappa shape index (κ2) is 9.30. The fraction of sp³-hybridized carbons (Fsp3) is 0.321. The average Bonchev–Trinajstić information content (AvgIpc) is 3.32. The third-order valence-electron chi connectivity index (χ3n) is 6.96. The minimum atomic E-state index is -0.920. The summed E-state index contributed by atoms with van der Waals surface area (Å²) in [6.45, 7) is 3.75. The molecular formula is C28H28N2O4S. The molecule has 2 N–H and O–H groups in total. The summed E-state index contributed by atoms with van der Waals surface area (Å²) in [4.78, 5) is 43.1. The number of nitrogens with zero attached hydrogens (tertiary/aromatic N) is 1. The monoisotopic (exact) mass is 488 g/mol. The van der Waals surface area contributed by atoms with Gasteiger partial charge in [0, 0.05) is 16.7 Å². The van der Waals surface area contributed by atoms with Crippen LogP contribution in [0.2, 0.25) is 0 Å². The SMILES string of the molecule is Cc1ccc(C(=O)C2C(c3sccc3C)C(C(N)=O)N(C(=O)C3CC3)C2C=Cc2ccccc2)o1. The van der Waals surface area contributed by atoms with Gasteiger partial charge in [-0.3, -0.25) is 14.4 Å². The first-order chi connectivity index (χ1) is 16.9. The highest BCUT2D eigenvalue weighted by Gasteiger charge is 2.58. The highest BCUT2D eigenvalue weighted by molar-refractivity contribution is 7.10. The van der Waals surface area contributed by atoms with Crippen molar-refractivity contribution in [3.63, 3.8) is 0 Å². The molecule has 35 heavy (non-hydrogen) atoms. The summed E-state index contributed by atoms with van der Waals surface area (Å²) in [6.07, 6.45) is 5.36. The molecule has 5 rings (SSSR count). The molecule has 7 heteroatoms. The number of thiophene rings is 1. The minimum Gasteiger partial charge on any atom is -0.458 e. The summed E-state index contributed by atoms with van der Waals surface area (Å²) in [5.41, 5.74) is 7.90. The van der Waals surface area contributed by atoms with Crippen LogP contribution in [0.25, 0.3) is 6.08 Å². The van der Waals surface area contributed by atoms with E-state index in [-0.39, 0.29) is 23.4 Å². The van der Waals surface area contributed by atoms with Crippen molar-refractivity contribution < 1.29 is 18.8 Å². The van der Waals surface area contributed by atoms with E-state index in [9.17, 15) is 14.4 Å². The van der Waals surface area contributed by atoms with Crippen LogP contribution in [0, 0.1) is 25.7 Å². The number of carbonyl (C=O) groups is 3. The van der Waals surface area contributed by atoms with Gasteiger partial charge in [-0.05, 0) is 61.4 Å². The van der Waals surface area contributed by atoms with Crippen LogP contribution in [0.5, 0.6) is 0 Å². The van der Waals surface area contributed by atoms with Gasteiger partial charge in [0.25, 0.3) is 0 Å². The Labute approximate surface area is 208 Å². The van der Waals surface area contributed by atoms with Crippen molar-refractivity contribution in [2.45, 2.75) is 44.7 Å². The first-order valence-electron chi connectivity index (χ1n) is 11.9. The van der Waals surface area contributed by atoms with E-state index in [1.807, 2.05) is 60.9 Å². The zero-order chi connectivity index (χ0) is 24.7. The summed E-state index contributed by atoms with van der Waals surface area (Å²) < 4.78 is 5.73. The summed E-state index contributed by atoms with van der Waals surface area (Å²) >= 11 is 1.49. The molecule has 2 fully saturated rings. The molecule has 2 amide bonds. The van der Waals surface area contributed by atoms with Gasteiger partial charge in [-0.2, -0.15) is 0 Å². The Hall–Kier alpha value is -3.45. The van der Waals surface area contributed by atoms with Crippen LogP contribution < -0.4 is 5.73 Å². The van der Waals surface area contributed by atoms with E-state index in [2.05, 4.69) is 0 Å². The normalized spacial score (nSPS) is 24.2. The molecule has 1 aromatic carbocycles. The molecule has 2 aliphatic rings.